The fourth-order valence-corrected chi connectivity index (χ4v) is 3.44. The molecule has 0 aliphatic carbocycles. The van der Waals surface area contributed by atoms with Crippen molar-refractivity contribution in [2.24, 2.45) is 0 Å². The number of nitrogens with zero attached hydrogens (tertiary/aromatic N) is 3. The van der Waals surface area contributed by atoms with Gasteiger partial charge in [0, 0.05) is 30.2 Å². The Morgan fingerprint density at radius 1 is 1.15 bits per heavy atom. The van der Waals surface area contributed by atoms with Crippen molar-refractivity contribution in [3.8, 4) is 5.75 Å². The molecule has 4 rings (SSSR count). The van der Waals surface area contributed by atoms with E-state index in [1.807, 2.05) is 60.2 Å². The van der Waals surface area contributed by atoms with Crippen LogP contribution in [0.3, 0.4) is 0 Å². The number of nitrogens with one attached hydrogen (secondary N) is 1. The fourth-order valence-electron chi connectivity index (χ4n) is 3.44. The van der Waals surface area contributed by atoms with Gasteiger partial charge in [0.1, 0.15) is 18.1 Å². The number of fused-ring (bicyclic) bond motifs is 2. The van der Waals surface area contributed by atoms with Crippen molar-refractivity contribution in [1.29, 1.82) is 0 Å². The number of rotatable bonds is 6. The molecule has 0 aliphatic rings. The molecule has 0 radical (unpaired) electrons. The topological polar surface area (TPSA) is 61.1 Å². The van der Waals surface area contributed by atoms with E-state index in [1.165, 1.54) is 0 Å². The second-order valence-electron chi connectivity index (χ2n) is 6.52. The lowest BCUT2D eigenvalue weighted by atomic mass is 10.2. The maximum atomic E-state index is 12.4. The van der Waals surface area contributed by atoms with Crippen LogP contribution in [0.1, 0.15) is 5.82 Å². The smallest absolute Gasteiger partial charge is 0.240 e. The van der Waals surface area contributed by atoms with Crippen LogP contribution in [-0.2, 0) is 17.9 Å². The van der Waals surface area contributed by atoms with Crippen molar-refractivity contribution in [1.82, 2.24) is 19.4 Å². The number of carbonyl (C=O) groups excluding carboxylic acids is 1. The van der Waals surface area contributed by atoms with Crippen molar-refractivity contribution in [3.63, 3.8) is 0 Å². The van der Waals surface area contributed by atoms with Crippen LogP contribution in [-0.4, -0.2) is 33.7 Å². The molecule has 2 aromatic heterocycles. The summed E-state index contributed by atoms with van der Waals surface area (Å²) in [6.07, 6.45) is 1.93. The van der Waals surface area contributed by atoms with E-state index in [0.29, 0.717) is 19.6 Å². The summed E-state index contributed by atoms with van der Waals surface area (Å²) >= 11 is 0. The summed E-state index contributed by atoms with van der Waals surface area (Å²) in [5.41, 5.74) is 3.09. The highest BCUT2D eigenvalue weighted by atomic mass is 16.5. The molecule has 0 fully saturated rings. The molecule has 0 saturated heterocycles. The van der Waals surface area contributed by atoms with Crippen molar-refractivity contribution in [2.45, 2.75) is 20.0 Å². The van der Waals surface area contributed by atoms with E-state index in [-0.39, 0.29) is 5.91 Å². The maximum Gasteiger partial charge on any atom is 0.240 e. The first kappa shape index (κ1) is 17.1. The number of hydrogen-bond donors (Lipinski definition) is 1. The van der Waals surface area contributed by atoms with Crippen LogP contribution in [0.2, 0.25) is 0 Å². The first-order valence-electron chi connectivity index (χ1n) is 8.97. The van der Waals surface area contributed by atoms with E-state index in [9.17, 15) is 4.79 Å². The van der Waals surface area contributed by atoms with Crippen LogP contribution in [0.25, 0.3) is 21.9 Å². The zero-order chi connectivity index (χ0) is 18.8. The summed E-state index contributed by atoms with van der Waals surface area (Å²) in [5.74, 6) is 1.76. The quantitative estimate of drug-likeness (QED) is 0.573. The van der Waals surface area contributed by atoms with Crippen molar-refractivity contribution >= 4 is 27.8 Å². The second kappa shape index (κ2) is 7.15. The minimum absolute atomic E-state index is 0.00890. The molecule has 1 amide bonds. The van der Waals surface area contributed by atoms with Crippen LogP contribution in [0.4, 0.5) is 0 Å². The van der Waals surface area contributed by atoms with Gasteiger partial charge in [-0.05, 0) is 43.3 Å². The van der Waals surface area contributed by atoms with Crippen molar-refractivity contribution < 1.29 is 9.53 Å². The molecule has 27 heavy (non-hydrogen) atoms. The third-order valence-electron chi connectivity index (χ3n) is 4.80. The van der Waals surface area contributed by atoms with Gasteiger partial charge in [-0.15, -0.1) is 0 Å². The van der Waals surface area contributed by atoms with Crippen LogP contribution in [0.15, 0.2) is 54.7 Å². The van der Waals surface area contributed by atoms with E-state index in [1.54, 1.807) is 7.11 Å². The number of aryl methyl sites for hydroxylation is 1. The Bertz CT molecular complexity index is 1110. The van der Waals surface area contributed by atoms with E-state index in [0.717, 1.165) is 33.5 Å². The Morgan fingerprint density at radius 2 is 2.00 bits per heavy atom. The molecule has 0 unspecified atom stereocenters. The summed E-state index contributed by atoms with van der Waals surface area (Å²) < 4.78 is 9.32. The summed E-state index contributed by atoms with van der Waals surface area (Å²) in [6.45, 7) is 3.54. The van der Waals surface area contributed by atoms with E-state index in [2.05, 4.69) is 20.9 Å². The minimum Gasteiger partial charge on any atom is -0.497 e. The molecule has 0 saturated carbocycles. The summed E-state index contributed by atoms with van der Waals surface area (Å²) in [7, 11) is 1.65. The van der Waals surface area contributed by atoms with Crippen LogP contribution >= 0.6 is 0 Å². The Morgan fingerprint density at radius 3 is 2.85 bits per heavy atom. The van der Waals surface area contributed by atoms with Gasteiger partial charge in [0.25, 0.3) is 0 Å². The average Bonchev–Trinajstić information content (AvgIpc) is 3.22. The molecule has 2 aromatic carbocycles. The van der Waals surface area contributed by atoms with Gasteiger partial charge in [-0.3, -0.25) is 4.79 Å². The van der Waals surface area contributed by atoms with Gasteiger partial charge in [-0.25, -0.2) is 4.98 Å². The van der Waals surface area contributed by atoms with Gasteiger partial charge in [-0.2, -0.15) is 0 Å². The Balaban J connectivity index is 1.39. The molecule has 138 valence electrons. The van der Waals surface area contributed by atoms with Crippen LogP contribution in [0, 0.1) is 6.92 Å². The lowest BCUT2D eigenvalue weighted by Crippen LogP contribution is -2.30. The Kier molecular flexibility index (Phi) is 4.54. The van der Waals surface area contributed by atoms with Crippen LogP contribution < -0.4 is 10.1 Å². The van der Waals surface area contributed by atoms with Crippen molar-refractivity contribution in [2.75, 3.05) is 13.7 Å². The number of amides is 1. The fraction of sp³-hybridized carbons (Fsp3) is 0.238. The molecule has 0 bridgehead atoms. The molecule has 0 aliphatic heterocycles. The molecule has 1 N–H and O–H groups in total. The van der Waals surface area contributed by atoms with Crippen LogP contribution in [0.5, 0.6) is 5.75 Å². The monoisotopic (exact) mass is 362 g/mol. The summed E-state index contributed by atoms with van der Waals surface area (Å²) in [6, 6.07) is 15.9. The molecule has 0 atom stereocenters. The van der Waals surface area contributed by atoms with Gasteiger partial charge >= 0.3 is 0 Å². The highest BCUT2D eigenvalue weighted by Crippen LogP contribution is 2.21. The molecular formula is C21H22N4O2. The SMILES string of the molecule is COc1ccc2c(ccn2CC(=O)NCCn2c(C)nc3ccccc32)c1. The van der Waals surface area contributed by atoms with Gasteiger partial charge < -0.3 is 19.2 Å². The summed E-state index contributed by atoms with van der Waals surface area (Å²) in [5, 5.41) is 4.06. The van der Waals surface area contributed by atoms with Gasteiger partial charge in [0.2, 0.25) is 5.91 Å². The first-order valence-corrected chi connectivity index (χ1v) is 8.97. The highest BCUT2D eigenvalue weighted by molar-refractivity contribution is 5.84. The Labute approximate surface area is 157 Å². The zero-order valence-corrected chi connectivity index (χ0v) is 15.5. The lowest BCUT2D eigenvalue weighted by Gasteiger charge is -2.10. The molecule has 6 nitrogen and oxygen atoms in total. The number of methoxy groups -OCH3 is 1. The number of para-hydroxylation sites is 2. The largest absolute Gasteiger partial charge is 0.497 e. The van der Waals surface area contributed by atoms with Gasteiger partial charge in [0.15, 0.2) is 0 Å². The lowest BCUT2D eigenvalue weighted by molar-refractivity contribution is -0.121. The number of benzene rings is 2. The van der Waals surface area contributed by atoms with Crippen molar-refractivity contribution in [3.05, 3.63) is 60.6 Å². The molecule has 0 spiro atoms. The predicted octanol–water partition coefficient (Wildman–Crippen LogP) is 3.12. The first-order chi connectivity index (χ1) is 13.2. The number of aromatic nitrogens is 3. The number of carbonyl (C=O) groups is 1. The highest BCUT2D eigenvalue weighted by Gasteiger charge is 2.09. The second-order valence-corrected chi connectivity index (χ2v) is 6.52. The third-order valence-corrected chi connectivity index (χ3v) is 4.80. The molecule has 2 heterocycles. The minimum atomic E-state index is -0.00890. The standard InChI is InChI=1S/C21H22N4O2/c1-15-23-18-5-3-4-6-20(18)25(15)12-10-22-21(26)14-24-11-9-16-13-17(27-2)7-8-19(16)24/h3-9,11,13H,10,12,14H2,1-2H3,(H,22,26). The number of imidazole rings is 1. The van der Waals surface area contributed by atoms with Gasteiger partial charge in [-0.1, -0.05) is 12.1 Å². The number of hydrogen-bond acceptors (Lipinski definition) is 3. The number of ether oxygens (including phenoxy) is 1. The predicted molar refractivity (Wildman–Crippen MR) is 106 cm³/mol. The summed E-state index contributed by atoms with van der Waals surface area (Å²) in [4.78, 5) is 16.9. The molecule has 4 aromatic rings. The average molecular weight is 362 g/mol. The van der Waals surface area contributed by atoms with Gasteiger partial charge in [0.05, 0.1) is 18.1 Å². The normalized spacial score (nSPS) is 11.2. The third kappa shape index (κ3) is 3.38. The van der Waals surface area contributed by atoms with E-state index in [4.69, 9.17) is 4.74 Å². The molecule has 6 heteroatoms. The zero-order valence-electron chi connectivity index (χ0n) is 15.5. The Hall–Kier alpha value is -3.28. The molecular weight excluding hydrogens is 340 g/mol. The van der Waals surface area contributed by atoms with E-state index < -0.39 is 0 Å². The van der Waals surface area contributed by atoms with E-state index >= 15 is 0 Å². The maximum absolute atomic E-state index is 12.4.